The van der Waals surface area contributed by atoms with Crippen molar-refractivity contribution in [3.63, 3.8) is 0 Å². The third kappa shape index (κ3) is 56.4. The van der Waals surface area contributed by atoms with Crippen molar-refractivity contribution in [3.05, 3.63) is 0 Å². The molecule has 0 atom stereocenters. The van der Waals surface area contributed by atoms with Gasteiger partial charge in [0, 0.05) is 20.1 Å². The van der Waals surface area contributed by atoms with Crippen LogP contribution in [0.15, 0.2) is 0 Å². The molecule has 54 heavy (non-hydrogen) atoms. The molecule has 0 heterocycles. The zero-order valence-corrected chi connectivity index (χ0v) is 39.1. The molecule has 0 spiro atoms. The van der Waals surface area contributed by atoms with Gasteiger partial charge in [-0.2, -0.15) is 0 Å². The van der Waals surface area contributed by atoms with Gasteiger partial charge < -0.3 is 8.85 Å². The Kier molecular flexibility index (Phi) is 55.2. The lowest BCUT2D eigenvalue weighted by molar-refractivity contribution is -0.241. The standard InChI is InChI=1S/C45H93O4Si.C2H4OS/c1-4-7-10-13-16-18-20-22-24-26-28-30-32-35-38-41-44-47-50(49-46-43-40-37-34-15-12-9-6-3)48-45-42-39-36-33-31-29-27-25-23-21-19-17-14-11-8-5-2;1-2(3)4/h4-45H2,1-3H3;1H3,(H,3,4). The highest BCUT2D eigenvalue weighted by molar-refractivity contribution is 7.96. The van der Waals surface area contributed by atoms with Crippen molar-refractivity contribution in [2.24, 2.45) is 0 Å². The fraction of sp³-hybridized carbons (Fsp3) is 0.979. The van der Waals surface area contributed by atoms with Crippen molar-refractivity contribution in [1.82, 2.24) is 0 Å². The van der Waals surface area contributed by atoms with Gasteiger partial charge in [0.15, 0.2) is 5.12 Å². The molecule has 0 saturated heterocycles. The first kappa shape index (κ1) is 56.2. The second kappa shape index (κ2) is 53.1. The SMILES string of the molecule is CC(=O)S.CCCCCCCCCCCCCCCCCCO[Si](OCCCCCCCCCCCCCCCCCC)OOCCCCCCCCC. The Morgan fingerprint density at radius 2 is 0.537 bits per heavy atom. The first-order valence-corrected chi connectivity index (χ1v) is 25.9. The van der Waals surface area contributed by atoms with Crippen molar-refractivity contribution in [2.45, 2.75) is 278 Å². The quantitative estimate of drug-likeness (QED) is 0.0218. The summed E-state index contributed by atoms with van der Waals surface area (Å²) >= 11 is 3.33. The van der Waals surface area contributed by atoms with Crippen LogP contribution >= 0.6 is 12.6 Å². The maximum atomic E-state index is 9.31. The summed E-state index contributed by atoms with van der Waals surface area (Å²) in [5.41, 5.74) is 0. The normalized spacial score (nSPS) is 11.4. The molecule has 0 unspecified atom stereocenters. The number of hydrogen-bond donors (Lipinski definition) is 1. The molecule has 0 N–H and O–H groups in total. The van der Waals surface area contributed by atoms with E-state index in [2.05, 4.69) is 33.4 Å². The Balaban J connectivity index is 0. The third-order valence-corrected chi connectivity index (χ3v) is 11.5. The van der Waals surface area contributed by atoms with Crippen LogP contribution < -0.4 is 0 Å². The maximum absolute atomic E-state index is 9.31. The molecule has 0 aliphatic heterocycles. The summed E-state index contributed by atoms with van der Waals surface area (Å²) in [7, 11) is -1.81. The number of thiol groups is 1. The number of hydrogen-bond acceptors (Lipinski definition) is 5. The Morgan fingerprint density at radius 3 is 0.759 bits per heavy atom. The van der Waals surface area contributed by atoms with E-state index in [1.54, 1.807) is 0 Å². The van der Waals surface area contributed by atoms with Gasteiger partial charge in [0.1, 0.15) is 0 Å². The van der Waals surface area contributed by atoms with E-state index in [0.717, 1.165) is 32.5 Å². The van der Waals surface area contributed by atoms with Crippen LogP contribution in [-0.2, 0) is 23.1 Å². The minimum Gasteiger partial charge on any atom is -0.370 e. The molecule has 1 radical (unpaired) electrons. The molecule has 0 fully saturated rings. The molecule has 0 aromatic heterocycles. The lowest BCUT2D eigenvalue weighted by Crippen LogP contribution is -2.28. The van der Waals surface area contributed by atoms with Gasteiger partial charge in [-0.25, -0.2) is 9.46 Å². The Hall–Kier alpha value is 0.0769. The predicted molar refractivity (Wildman–Crippen MR) is 241 cm³/mol. The number of carbonyl (C=O) groups excluding carboxylic acids is 1. The smallest absolute Gasteiger partial charge is 0.370 e. The maximum Gasteiger partial charge on any atom is 0.607 e. The molecule has 0 rings (SSSR count). The van der Waals surface area contributed by atoms with E-state index < -0.39 is 9.53 Å². The molecule has 0 saturated carbocycles. The van der Waals surface area contributed by atoms with E-state index in [0.29, 0.717) is 6.61 Å². The van der Waals surface area contributed by atoms with Gasteiger partial charge in [-0.1, -0.05) is 252 Å². The number of rotatable bonds is 46. The fourth-order valence-electron chi connectivity index (χ4n) is 6.91. The number of carbonyl (C=O) groups is 1. The topological polar surface area (TPSA) is 54.0 Å². The van der Waals surface area contributed by atoms with Crippen LogP contribution in [0.2, 0.25) is 0 Å². The van der Waals surface area contributed by atoms with E-state index >= 15 is 0 Å². The first-order chi connectivity index (χ1) is 26.6. The highest BCUT2D eigenvalue weighted by Crippen LogP contribution is 2.16. The van der Waals surface area contributed by atoms with Crippen molar-refractivity contribution < 1.29 is 23.1 Å². The van der Waals surface area contributed by atoms with Crippen LogP contribution in [-0.4, -0.2) is 34.5 Å². The van der Waals surface area contributed by atoms with Gasteiger partial charge in [0.2, 0.25) is 0 Å². The highest BCUT2D eigenvalue weighted by Gasteiger charge is 2.20. The van der Waals surface area contributed by atoms with Crippen molar-refractivity contribution in [1.29, 1.82) is 0 Å². The summed E-state index contributed by atoms with van der Waals surface area (Å²) in [4.78, 5) is 14.9. The molecule has 0 aliphatic carbocycles. The van der Waals surface area contributed by atoms with Crippen molar-refractivity contribution in [3.8, 4) is 0 Å². The van der Waals surface area contributed by atoms with Crippen LogP contribution in [0.3, 0.4) is 0 Å². The Morgan fingerprint density at radius 1 is 0.352 bits per heavy atom. The zero-order chi connectivity index (χ0) is 39.7. The van der Waals surface area contributed by atoms with Crippen LogP contribution in [0.4, 0.5) is 0 Å². The average Bonchev–Trinajstić information content (AvgIpc) is 3.16. The zero-order valence-electron chi connectivity index (χ0n) is 37.2. The van der Waals surface area contributed by atoms with Crippen molar-refractivity contribution in [2.75, 3.05) is 19.8 Å². The molecule has 5 nitrogen and oxygen atoms in total. The van der Waals surface area contributed by atoms with E-state index in [-0.39, 0.29) is 5.12 Å². The summed E-state index contributed by atoms with van der Waals surface area (Å²) in [5.74, 6) is 0. The molecule has 0 aromatic carbocycles. The summed E-state index contributed by atoms with van der Waals surface area (Å²) in [6, 6.07) is 0. The van der Waals surface area contributed by atoms with Crippen LogP contribution in [0, 0.1) is 0 Å². The fourth-order valence-corrected chi connectivity index (χ4v) is 7.89. The van der Waals surface area contributed by atoms with E-state index in [9.17, 15) is 4.79 Å². The molecule has 0 aliphatic rings. The minimum atomic E-state index is -1.81. The third-order valence-electron chi connectivity index (χ3n) is 10.4. The van der Waals surface area contributed by atoms with Gasteiger partial charge in [-0.15, -0.1) is 12.6 Å². The molecule has 0 aromatic rings. The van der Waals surface area contributed by atoms with Gasteiger partial charge in [-0.05, 0) is 19.3 Å². The molecule has 0 bridgehead atoms. The van der Waals surface area contributed by atoms with Crippen LogP contribution in [0.5, 0.6) is 0 Å². The highest BCUT2D eigenvalue weighted by atomic mass is 32.1. The molecular formula is C47H97O5SSi. The average molecular weight is 802 g/mol. The minimum absolute atomic E-state index is 0.139. The van der Waals surface area contributed by atoms with Gasteiger partial charge in [0.05, 0.1) is 6.61 Å². The largest absolute Gasteiger partial charge is 0.607 e. The van der Waals surface area contributed by atoms with Gasteiger partial charge >= 0.3 is 9.53 Å². The van der Waals surface area contributed by atoms with Crippen LogP contribution in [0.25, 0.3) is 0 Å². The summed E-state index contributed by atoms with van der Waals surface area (Å²) < 4.78 is 17.9. The predicted octanol–water partition coefficient (Wildman–Crippen LogP) is 16.7. The Labute approximate surface area is 347 Å². The van der Waals surface area contributed by atoms with Crippen LogP contribution in [0.1, 0.15) is 278 Å². The summed E-state index contributed by atoms with van der Waals surface area (Å²) in [6.45, 7) is 10.4. The molecule has 0 amide bonds. The van der Waals surface area contributed by atoms with Gasteiger partial charge in [0.25, 0.3) is 0 Å². The van der Waals surface area contributed by atoms with Crippen molar-refractivity contribution >= 4 is 27.3 Å². The van der Waals surface area contributed by atoms with E-state index in [1.165, 1.54) is 238 Å². The molecule has 7 heteroatoms. The number of unbranched alkanes of at least 4 members (excludes halogenated alkanes) is 36. The summed E-state index contributed by atoms with van der Waals surface area (Å²) in [5, 5.41) is -0.139. The van der Waals surface area contributed by atoms with E-state index in [1.807, 2.05) is 0 Å². The molecular weight excluding hydrogens is 705 g/mol. The first-order valence-electron chi connectivity index (χ1n) is 24.2. The second-order valence-electron chi connectivity index (χ2n) is 16.1. The second-order valence-corrected chi connectivity index (χ2v) is 18.0. The lowest BCUT2D eigenvalue weighted by Gasteiger charge is -2.14. The van der Waals surface area contributed by atoms with Gasteiger partial charge in [-0.3, -0.25) is 4.79 Å². The molecule has 325 valence electrons. The lowest BCUT2D eigenvalue weighted by atomic mass is 10.0. The monoisotopic (exact) mass is 802 g/mol. The Bertz CT molecular complexity index is 628. The van der Waals surface area contributed by atoms with E-state index in [4.69, 9.17) is 18.3 Å². The summed E-state index contributed by atoms with van der Waals surface area (Å²) in [6.07, 6.45) is 53.3.